The Kier molecular flexibility index (Phi) is 6.96. The zero-order valence-electron chi connectivity index (χ0n) is 17.9. The molecule has 0 unspecified atom stereocenters. The molecule has 5 nitrogen and oxygen atoms in total. The number of aryl methyl sites for hydroxylation is 2. The van der Waals surface area contributed by atoms with Crippen LogP contribution in [0.3, 0.4) is 0 Å². The number of rotatable bonds is 5. The maximum absolute atomic E-state index is 12.8. The van der Waals surface area contributed by atoms with Gasteiger partial charge in [-0.2, -0.15) is 0 Å². The Labute approximate surface area is 178 Å². The lowest BCUT2D eigenvalue weighted by Crippen LogP contribution is -2.31. The van der Waals surface area contributed by atoms with Crippen molar-refractivity contribution in [1.29, 1.82) is 0 Å². The topological polar surface area (TPSA) is 59.9 Å². The Hall–Kier alpha value is -2.53. The fourth-order valence-electron chi connectivity index (χ4n) is 3.70. The summed E-state index contributed by atoms with van der Waals surface area (Å²) in [5, 5.41) is 3.02. The molecule has 1 N–H and O–H groups in total. The second-order valence-electron chi connectivity index (χ2n) is 7.96. The summed E-state index contributed by atoms with van der Waals surface area (Å²) in [5.74, 6) is 1.26. The molecule has 0 saturated carbocycles. The fraction of sp³-hybridized carbons (Fsp3) is 0.391. The highest BCUT2D eigenvalue weighted by Gasteiger charge is 2.29. The van der Waals surface area contributed by atoms with Crippen LogP contribution in [0.25, 0.3) is 0 Å². The van der Waals surface area contributed by atoms with Gasteiger partial charge >= 0.3 is 0 Å². The number of halogens is 1. The molecule has 1 amide bonds. The van der Waals surface area contributed by atoms with Crippen LogP contribution in [0, 0.1) is 13.8 Å². The van der Waals surface area contributed by atoms with Crippen molar-refractivity contribution in [2.45, 2.75) is 46.1 Å². The Morgan fingerprint density at radius 3 is 2.38 bits per heavy atom. The molecular weight excluding hydrogens is 388 g/mol. The molecule has 0 saturated heterocycles. The lowest BCUT2D eigenvalue weighted by atomic mass is 9.85. The number of anilines is 1. The van der Waals surface area contributed by atoms with E-state index in [1.54, 1.807) is 14.2 Å². The average molecular weight is 417 g/mol. The summed E-state index contributed by atoms with van der Waals surface area (Å²) < 4.78 is 10.9. The van der Waals surface area contributed by atoms with Gasteiger partial charge < -0.3 is 14.8 Å². The van der Waals surface area contributed by atoms with E-state index in [9.17, 15) is 4.79 Å². The predicted octanol–water partition coefficient (Wildman–Crippen LogP) is 4.90. The van der Waals surface area contributed by atoms with Gasteiger partial charge in [-0.3, -0.25) is 9.79 Å². The van der Waals surface area contributed by atoms with Crippen LogP contribution in [0.4, 0.5) is 5.69 Å². The molecule has 1 heterocycles. The number of methoxy groups -OCH3 is 2. The minimum absolute atomic E-state index is 0. The summed E-state index contributed by atoms with van der Waals surface area (Å²) in [5.41, 5.74) is 5.62. The maximum Gasteiger partial charge on any atom is 0.230 e. The number of aliphatic imine (C=N–C) groups is 1. The molecule has 1 aliphatic rings. The van der Waals surface area contributed by atoms with Gasteiger partial charge in [0.15, 0.2) is 11.5 Å². The van der Waals surface area contributed by atoms with Crippen molar-refractivity contribution in [3.8, 4) is 11.5 Å². The van der Waals surface area contributed by atoms with Gasteiger partial charge in [-0.15, -0.1) is 12.4 Å². The van der Waals surface area contributed by atoms with E-state index in [1.165, 1.54) is 5.56 Å². The molecule has 3 rings (SSSR count). The van der Waals surface area contributed by atoms with E-state index in [2.05, 4.69) is 25.2 Å². The maximum atomic E-state index is 12.8. The lowest BCUT2D eigenvalue weighted by molar-refractivity contribution is -0.115. The number of fused-ring (bicyclic) bond motifs is 1. The third-order valence-corrected chi connectivity index (χ3v) is 4.96. The smallest absolute Gasteiger partial charge is 0.230 e. The summed E-state index contributed by atoms with van der Waals surface area (Å²) in [7, 11) is 3.24. The fourth-order valence-corrected chi connectivity index (χ4v) is 3.70. The lowest BCUT2D eigenvalue weighted by Gasteiger charge is -2.29. The SMILES string of the molecule is COc1cc2c(cc1OC)C(CC(=O)Nc1ccc(C)cc1C)=NC(C)(C)C2.Cl. The number of benzene rings is 2. The monoisotopic (exact) mass is 416 g/mol. The second kappa shape index (κ2) is 8.87. The number of nitrogens with one attached hydrogen (secondary N) is 1. The van der Waals surface area contributed by atoms with Gasteiger partial charge in [0.1, 0.15) is 0 Å². The quantitative estimate of drug-likeness (QED) is 0.754. The largest absolute Gasteiger partial charge is 0.493 e. The molecule has 0 radical (unpaired) electrons. The molecule has 0 bridgehead atoms. The van der Waals surface area contributed by atoms with Crippen LogP contribution in [-0.4, -0.2) is 31.4 Å². The predicted molar refractivity (Wildman–Crippen MR) is 120 cm³/mol. The Morgan fingerprint density at radius 2 is 1.76 bits per heavy atom. The average Bonchev–Trinajstić information content (AvgIpc) is 2.62. The first-order chi connectivity index (χ1) is 13.2. The molecule has 6 heteroatoms. The number of amides is 1. The minimum Gasteiger partial charge on any atom is -0.493 e. The summed E-state index contributed by atoms with van der Waals surface area (Å²) >= 11 is 0. The van der Waals surface area contributed by atoms with Crippen molar-refractivity contribution in [3.05, 3.63) is 52.6 Å². The van der Waals surface area contributed by atoms with Gasteiger partial charge in [0.2, 0.25) is 5.91 Å². The Balaban J connectivity index is 0.00000300. The highest BCUT2D eigenvalue weighted by molar-refractivity contribution is 6.15. The highest BCUT2D eigenvalue weighted by Crippen LogP contribution is 2.36. The van der Waals surface area contributed by atoms with E-state index in [0.717, 1.165) is 34.5 Å². The van der Waals surface area contributed by atoms with Gasteiger partial charge in [0.05, 0.1) is 31.9 Å². The molecule has 156 valence electrons. The number of ether oxygens (including phenoxy) is 2. The Morgan fingerprint density at radius 1 is 1.10 bits per heavy atom. The first-order valence-electron chi connectivity index (χ1n) is 9.43. The molecule has 29 heavy (non-hydrogen) atoms. The first kappa shape index (κ1) is 22.8. The Bertz CT molecular complexity index is 951. The highest BCUT2D eigenvalue weighted by atomic mass is 35.5. The van der Waals surface area contributed by atoms with E-state index in [4.69, 9.17) is 14.5 Å². The number of nitrogens with zero attached hydrogens (tertiary/aromatic N) is 1. The summed E-state index contributed by atoms with van der Waals surface area (Å²) in [6, 6.07) is 9.91. The number of hydrogen-bond donors (Lipinski definition) is 1. The molecule has 0 atom stereocenters. The molecule has 0 spiro atoms. The second-order valence-corrected chi connectivity index (χ2v) is 7.96. The van der Waals surface area contributed by atoms with Crippen LogP contribution in [0.15, 0.2) is 35.3 Å². The minimum atomic E-state index is -0.276. The van der Waals surface area contributed by atoms with Gasteiger partial charge in [-0.25, -0.2) is 0 Å². The zero-order valence-corrected chi connectivity index (χ0v) is 18.7. The summed E-state index contributed by atoms with van der Waals surface area (Å²) in [6.07, 6.45) is 0.990. The first-order valence-corrected chi connectivity index (χ1v) is 9.43. The third kappa shape index (κ3) is 5.10. The zero-order chi connectivity index (χ0) is 20.5. The van der Waals surface area contributed by atoms with E-state index in [1.807, 2.05) is 38.1 Å². The molecule has 0 fully saturated rings. The summed E-state index contributed by atoms with van der Waals surface area (Å²) in [4.78, 5) is 17.6. The van der Waals surface area contributed by atoms with Gasteiger partial charge in [0.25, 0.3) is 0 Å². The normalized spacial score (nSPS) is 14.2. The number of carbonyl (C=O) groups excluding carboxylic acids is 1. The van der Waals surface area contributed by atoms with Crippen molar-refractivity contribution in [2.24, 2.45) is 4.99 Å². The van der Waals surface area contributed by atoms with Crippen LogP contribution >= 0.6 is 12.4 Å². The number of hydrogen-bond acceptors (Lipinski definition) is 4. The molecule has 0 aromatic heterocycles. The molecule has 1 aliphatic heterocycles. The van der Waals surface area contributed by atoms with E-state index >= 15 is 0 Å². The van der Waals surface area contributed by atoms with E-state index in [0.29, 0.717) is 11.5 Å². The van der Waals surface area contributed by atoms with E-state index in [-0.39, 0.29) is 30.3 Å². The van der Waals surface area contributed by atoms with Crippen molar-refractivity contribution >= 4 is 29.7 Å². The van der Waals surface area contributed by atoms with Crippen LogP contribution < -0.4 is 14.8 Å². The van der Waals surface area contributed by atoms with Gasteiger partial charge in [0, 0.05) is 11.3 Å². The van der Waals surface area contributed by atoms with E-state index < -0.39 is 0 Å². The molecular formula is C23H29ClN2O3. The van der Waals surface area contributed by atoms with Crippen molar-refractivity contribution in [3.63, 3.8) is 0 Å². The van der Waals surface area contributed by atoms with Crippen LogP contribution in [-0.2, 0) is 11.2 Å². The molecule has 2 aromatic carbocycles. The van der Waals surface area contributed by atoms with Crippen LogP contribution in [0.1, 0.15) is 42.5 Å². The summed E-state index contributed by atoms with van der Waals surface area (Å²) in [6.45, 7) is 8.19. The standard InChI is InChI=1S/C23H28N2O3.ClH/c1-14-7-8-18(15(2)9-14)24-22(26)12-19-17-11-21(28-6)20(27-5)10-16(17)13-23(3,4)25-19;/h7-11H,12-13H2,1-6H3,(H,24,26);1H. The molecule has 0 aliphatic carbocycles. The van der Waals surface area contributed by atoms with Gasteiger partial charge in [-0.05, 0) is 63.4 Å². The van der Waals surface area contributed by atoms with Gasteiger partial charge in [-0.1, -0.05) is 17.7 Å². The molecule has 2 aromatic rings. The number of carbonyl (C=O) groups is 1. The third-order valence-electron chi connectivity index (χ3n) is 4.96. The van der Waals surface area contributed by atoms with Crippen molar-refractivity contribution < 1.29 is 14.3 Å². The van der Waals surface area contributed by atoms with Crippen molar-refractivity contribution in [1.82, 2.24) is 0 Å². The van der Waals surface area contributed by atoms with Crippen LogP contribution in [0.5, 0.6) is 11.5 Å². The van der Waals surface area contributed by atoms with Crippen LogP contribution in [0.2, 0.25) is 0 Å². The van der Waals surface area contributed by atoms with Crippen molar-refractivity contribution in [2.75, 3.05) is 19.5 Å².